The van der Waals surface area contributed by atoms with Crippen molar-refractivity contribution < 1.29 is 19.2 Å². The van der Waals surface area contributed by atoms with E-state index >= 15 is 0 Å². The van der Waals surface area contributed by atoms with E-state index in [9.17, 15) is 19.7 Å². The first-order valence-corrected chi connectivity index (χ1v) is 10.9. The number of rotatable bonds is 9. The number of unbranched alkanes of at least 4 members (excludes halogenated alkanes) is 1. The van der Waals surface area contributed by atoms with Crippen molar-refractivity contribution in [3.05, 3.63) is 69.3 Å². The molecule has 1 saturated heterocycles. The smallest absolute Gasteiger partial charge is 0.272 e. The predicted octanol–water partition coefficient (Wildman–Crippen LogP) is 3.79. The van der Waals surface area contributed by atoms with Gasteiger partial charge in [0.2, 0.25) is 5.91 Å². The van der Waals surface area contributed by atoms with Crippen LogP contribution in [-0.2, 0) is 4.79 Å². The highest BCUT2D eigenvalue weighted by atomic mass is 16.6. The van der Waals surface area contributed by atoms with Crippen molar-refractivity contribution in [1.82, 2.24) is 10.2 Å². The fourth-order valence-electron chi connectivity index (χ4n) is 3.82. The van der Waals surface area contributed by atoms with E-state index < -0.39 is 11.0 Å². The molecule has 8 heteroatoms. The van der Waals surface area contributed by atoms with Crippen LogP contribution in [-0.4, -0.2) is 47.4 Å². The first kappa shape index (κ1) is 23.2. The molecule has 0 aliphatic carbocycles. The van der Waals surface area contributed by atoms with Gasteiger partial charge in [-0.3, -0.25) is 19.7 Å². The number of ether oxygens (including phenoxy) is 1. The molecule has 3 rings (SSSR count). The summed E-state index contributed by atoms with van der Waals surface area (Å²) in [4.78, 5) is 37.7. The lowest BCUT2D eigenvalue weighted by Crippen LogP contribution is -2.46. The quantitative estimate of drug-likeness (QED) is 0.364. The fourth-order valence-corrected chi connectivity index (χ4v) is 3.82. The van der Waals surface area contributed by atoms with Gasteiger partial charge >= 0.3 is 0 Å². The average molecular weight is 440 g/mol. The van der Waals surface area contributed by atoms with Crippen LogP contribution in [0.4, 0.5) is 5.69 Å². The summed E-state index contributed by atoms with van der Waals surface area (Å²) in [5.74, 6) is 0.405. The molecule has 0 saturated carbocycles. The third kappa shape index (κ3) is 5.84. The van der Waals surface area contributed by atoms with E-state index in [0.29, 0.717) is 37.2 Å². The number of amides is 2. The largest absolute Gasteiger partial charge is 0.494 e. The lowest BCUT2D eigenvalue weighted by Gasteiger charge is -2.24. The molecule has 1 aliphatic rings. The summed E-state index contributed by atoms with van der Waals surface area (Å²) >= 11 is 0. The molecule has 1 N–H and O–H groups in total. The Balaban J connectivity index is 1.45. The van der Waals surface area contributed by atoms with E-state index in [4.69, 9.17) is 4.74 Å². The van der Waals surface area contributed by atoms with Crippen LogP contribution in [0.5, 0.6) is 5.75 Å². The van der Waals surface area contributed by atoms with Gasteiger partial charge in [-0.1, -0.05) is 17.7 Å². The van der Waals surface area contributed by atoms with Gasteiger partial charge in [0.15, 0.2) is 0 Å². The minimum Gasteiger partial charge on any atom is -0.494 e. The van der Waals surface area contributed by atoms with Crippen LogP contribution < -0.4 is 10.1 Å². The Morgan fingerprint density at radius 3 is 2.59 bits per heavy atom. The number of aryl methyl sites for hydroxylation is 2. The van der Waals surface area contributed by atoms with E-state index in [1.807, 2.05) is 31.2 Å². The summed E-state index contributed by atoms with van der Waals surface area (Å²) in [6.45, 7) is 5.22. The average Bonchev–Trinajstić information content (AvgIpc) is 3.26. The Bertz CT molecular complexity index is 974. The number of hydrogen-bond acceptors (Lipinski definition) is 5. The molecule has 1 heterocycles. The second kappa shape index (κ2) is 10.7. The lowest BCUT2D eigenvalue weighted by atomic mass is 10.1. The standard InChI is InChI=1S/C24H29N3O5/c1-17-7-10-20(11-8-17)32-15-4-3-13-25-23(28)22-6-5-14-26(22)24(29)19-9-12-21(27(30)31)18(2)16-19/h7-12,16,22H,3-6,13-15H2,1-2H3,(H,25,28). The molecular weight excluding hydrogens is 410 g/mol. The molecule has 0 spiro atoms. The molecule has 2 amide bonds. The summed E-state index contributed by atoms with van der Waals surface area (Å²) in [6, 6.07) is 11.7. The van der Waals surface area contributed by atoms with Crippen molar-refractivity contribution in [2.75, 3.05) is 19.7 Å². The molecule has 1 fully saturated rings. The van der Waals surface area contributed by atoms with E-state index in [0.717, 1.165) is 25.0 Å². The molecule has 1 aliphatic heterocycles. The normalized spacial score (nSPS) is 15.4. The number of carbonyl (C=O) groups is 2. The molecule has 1 unspecified atom stereocenters. The predicted molar refractivity (Wildman–Crippen MR) is 121 cm³/mol. The number of nitrogens with one attached hydrogen (secondary N) is 1. The maximum Gasteiger partial charge on any atom is 0.272 e. The van der Waals surface area contributed by atoms with E-state index in [2.05, 4.69) is 5.32 Å². The minimum atomic E-state index is -0.512. The zero-order valence-corrected chi connectivity index (χ0v) is 18.5. The maximum atomic E-state index is 12.9. The fraction of sp³-hybridized carbons (Fsp3) is 0.417. The molecule has 8 nitrogen and oxygen atoms in total. The third-order valence-corrected chi connectivity index (χ3v) is 5.62. The maximum absolute atomic E-state index is 12.9. The number of carbonyl (C=O) groups excluding carboxylic acids is 2. The van der Waals surface area contributed by atoms with Gasteiger partial charge in [0.05, 0.1) is 11.5 Å². The molecule has 1 atom stereocenters. The summed E-state index contributed by atoms with van der Waals surface area (Å²) in [5.41, 5.74) is 1.95. The number of nitrogens with zero attached hydrogens (tertiary/aromatic N) is 2. The zero-order chi connectivity index (χ0) is 23.1. The highest BCUT2D eigenvalue weighted by Gasteiger charge is 2.34. The van der Waals surface area contributed by atoms with Crippen LogP contribution in [0.25, 0.3) is 0 Å². The Labute approximate surface area is 187 Å². The molecule has 0 aromatic heterocycles. The third-order valence-electron chi connectivity index (χ3n) is 5.62. The van der Waals surface area contributed by atoms with Crippen LogP contribution in [0.3, 0.4) is 0 Å². The minimum absolute atomic E-state index is 0.0244. The summed E-state index contributed by atoms with van der Waals surface area (Å²) < 4.78 is 5.69. The van der Waals surface area contributed by atoms with E-state index in [1.54, 1.807) is 11.8 Å². The number of hydrogen-bond donors (Lipinski definition) is 1. The number of likely N-dealkylation sites (tertiary alicyclic amines) is 1. The van der Waals surface area contributed by atoms with Crippen LogP contribution >= 0.6 is 0 Å². The van der Waals surface area contributed by atoms with Crippen LogP contribution in [0, 0.1) is 24.0 Å². The van der Waals surface area contributed by atoms with Crippen LogP contribution in [0.2, 0.25) is 0 Å². The summed E-state index contributed by atoms with van der Waals surface area (Å²) in [5, 5.41) is 13.9. The number of nitro groups is 1. The van der Waals surface area contributed by atoms with Gasteiger partial charge in [0.25, 0.3) is 11.6 Å². The first-order valence-electron chi connectivity index (χ1n) is 10.9. The van der Waals surface area contributed by atoms with Gasteiger partial charge in [0, 0.05) is 30.3 Å². The van der Waals surface area contributed by atoms with Gasteiger partial charge in [-0.15, -0.1) is 0 Å². The van der Waals surface area contributed by atoms with E-state index in [-0.39, 0.29) is 17.5 Å². The van der Waals surface area contributed by atoms with Crippen molar-refractivity contribution in [3.8, 4) is 5.75 Å². The molecule has 0 bridgehead atoms. The molecule has 170 valence electrons. The second-order valence-electron chi connectivity index (χ2n) is 8.07. The van der Waals surface area contributed by atoms with Crippen molar-refractivity contribution in [2.24, 2.45) is 0 Å². The van der Waals surface area contributed by atoms with Gasteiger partial charge in [-0.2, -0.15) is 0 Å². The number of benzene rings is 2. The van der Waals surface area contributed by atoms with Crippen LogP contribution in [0.15, 0.2) is 42.5 Å². The topological polar surface area (TPSA) is 102 Å². The monoisotopic (exact) mass is 439 g/mol. The Morgan fingerprint density at radius 2 is 1.91 bits per heavy atom. The SMILES string of the molecule is Cc1ccc(OCCCCNC(=O)C2CCCN2C(=O)c2ccc([N+](=O)[O-])c(C)c2)cc1. The highest BCUT2D eigenvalue weighted by Crippen LogP contribution is 2.24. The van der Waals surface area contributed by atoms with Crippen LogP contribution in [0.1, 0.15) is 47.2 Å². The van der Waals surface area contributed by atoms with Crippen molar-refractivity contribution in [1.29, 1.82) is 0 Å². The molecule has 2 aromatic carbocycles. The first-order chi connectivity index (χ1) is 15.4. The number of nitro benzene ring substituents is 1. The van der Waals surface area contributed by atoms with Gasteiger partial charge < -0.3 is 15.0 Å². The second-order valence-corrected chi connectivity index (χ2v) is 8.07. The van der Waals surface area contributed by atoms with Gasteiger partial charge in [0.1, 0.15) is 11.8 Å². The van der Waals surface area contributed by atoms with Crippen molar-refractivity contribution in [3.63, 3.8) is 0 Å². The van der Waals surface area contributed by atoms with Gasteiger partial charge in [-0.05, 0) is 63.8 Å². The Kier molecular flexibility index (Phi) is 7.81. The molecule has 2 aromatic rings. The molecule has 0 radical (unpaired) electrons. The molecular formula is C24H29N3O5. The Morgan fingerprint density at radius 1 is 1.16 bits per heavy atom. The lowest BCUT2D eigenvalue weighted by molar-refractivity contribution is -0.385. The Hall–Kier alpha value is -3.42. The van der Waals surface area contributed by atoms with Crippen molar-refractivity contribution >= 4 is 17.5 Å². The van der Waals surface area contributed by atoms with Crippen molar-refractivity contribution in [2.45, 2.75) is 45.6 Å². The van der Waals surface area contributed by atoms with E-state index in [1.165, 1.54) is 23.8 Å². The summed E-state index contributed by atoms with van der Waals surface area (Å²) in [7, 11) is 0. The summed E-state index contributed by atoms with van der Waals surface area (Å²) in [6.07, 6.45) is 2.95. The zero-order valence-electron chi connectivity index (χ0n) is 18.5. The molecule has 32 heavy (non-hydrogen) atoms. The van der Waals surface area contributed by atoms with Gasteiger partial charge in [-0.25, -0.2) is 0 Å². The highest BCUT2D eigenvalue weighted by molar-refractivity contribution is 5.98.